The molecule has 4 atom stereocenters. The van der Waals surface area contributed by atoms with E-state index in [2.05, 4.69) is 53.7 Å². The minimum atomic E-state index is -0.937. The van der Waals surface area contributed by atoms with Gasteiger partial charge in [0.15, 0.2) is 12.6 Å². The van der Waals surface area contributed by atoms with Crippen LogP contribution in [0.25, 0.3) is 0 Å². The zero-order valence-electron chi connectivity index (χ0n) is 21.6. The van der Waals surface area contributed by atoms with Gasteiger partial charge in [-0.05, 0) is 55.3 Å². The second kappa shape index (κ2) is 13.8. The summed E-state index contributed by atoms with van der Waals surface area (Å²) < 4.78 is 21.2. The Balaban J connectivity index is 2.82. The van der Waals surface area contributed by atoms with Crippen LogP contribution in [0.3, 0.4) is 0 Å². The SMILES string of the molecule is COCC(O)OCC1CC=C(C(C)(C)CC/C=C(\C)C(C)(C)C)CC1COC(O)COC. The fourth-order valence-corrected chi connectivity index (χ4v) is 3.94. The van der Waals surface area contributed by atoms with Gasteiger partial charge in [0, 0.05) is 14.2 Å². The van der Waals surface area contributed by atoms with E-state index in [1.807, 2.05) is 0 Å². The van der Waals surface area contributed by atoms with Crippen LogP contribution in [-0.4, -0.2) is 63.4 Å². The topological polar surface area (TPSA) is 77.4 Å². The van der Waals surface area contributed by atoms with E-state index in [1.54, 1.807) is 7.11 Å². The molecule has 0 radical (unpaired) electrons. The van der Waals surface area contributed by atoms with Gasteiger partial charge < -0.3 is 29.2 Å². The summed E-state index contributed by atoms with van der Waals surface area (Å²) in [6.45, 7) is 14.8. The van der Waals surface area contributed by atoms with Crippen LogP contribution >= 0.6 is 0 Å². The Morgan fingerprint density at radius 3 is 2.03 bits per heavy atom. The van der Waals surface area contributed by atoms with Crippen LogP contribution in [0.4, 0.5) is 0 Å². The highest BCUT2D eigenvalue weighted by Crippen LogP contribution is 2.42. The molecule has 0 heterocycles. The molecule has 32 heavy (non-hydrogen) atoms. The number of aliphatic hydroxyl groups excluding tert-OH is 2. The summed E-state index contributed by atoms with van der Waals surface area (Å²) in [6, 6.07) is 0. The number of allylic oxidation sites excluding steroid dienone is 4. The Labute approximate surface area is 196 Å². The molecule has 0 aromatic carbocycles. The lowest BCUT2D eigenvalue weighted by atomic mass is 9.70. The maximum absolute atomic E-state index is 9.96. The summed E-state index contributed by atoms with van der Waals surface area (Å²) in [6.07, 6.45) is 6.75. The van der Waals surface area contributed by atoms with E-state index in [0.717, 1.165) is 25.7 Å². The molecule has 0 aromatic heterocycles. The van der Waals surface area contributed by atoms with Crippen molar-refractivity contribution in [3.63, 3.8) is 0 Å². The van der Waals surface area contributed by atoms with Crippen LogP contribution in [-0.2, 0) is 18.9 Å². The van der Waals surface area contributed by atoms with E-state index in [-0.39, 0.29) is 35.9 Å². The van der Waals surface area contributed by atoms with Crippen molar-refractivity contribution < 1.29 is 29.2 Å². The zero-order chi connectivity index (χ0) is 24.4. The van der Waals surface area contributed by atoms with Crippen molar-refractivity contribution in [2.75, 3.05) is 40.6 Å². The molecule has 0 saturated heterocycles. The van der Waals surface area contributed by atoms with E-state index in [9.17, 15) is 10.2 Å². The molecule has 0 amide bonds. The van der Waals surface area contributed by atoms with E-state index in [1.165, 1.54) is 18.3 Å². The van der Waals surface area contributed by atoms with Crippen molar-refractivity contribution in [3.05, 3.63) is 23.3 Å². The summed E-state index contributed by atoms with van der Waals surface area (Å²) in [5.41, 5.74) is 3.15. The van der Waals surface area contributed by atoms with Crippen molar-refractivity contribution in [1.29, 1.82) is 0 Å². The monoisotopic (exact) mass is 456 g/mol. The zero-order valence-corrected chi connectivity index (χ0v) is 21.6. The van der Waals surface area contributed by atoms with E-state index < -0.39 is 12.6 Å². The van der Waals surface area contributed by atoms with Gasteiger partial charge in [-0.25, -0.2) is 0 Å². The molecule has 6 nitrogen and oxygen atoms in total. The lowest BCUT2D eigenvalue weighted by Crippen LogP contribution is -2.34. The van der Waals surface area contributed by atoms with Crippen molar-refractivity contribution in [3.8, 4) is 0 Å². The highest BCUT2D eigenvalue weighted by Gasteiger charge is 2.33. The first kappa shape index (κ1) is 29.3. The Morgan fingerprint density at radius 1 is 1.00 bits per heavy atom. The third kappa shape index (κ3) is 10.4. The van der Waals surface area contributed by atoms with Crippen LogP contribution < -0.4 is 0 Å². The highest BCUT2D eigenvalue weighted by molar-refractivity contribution is 5.18. The summed E-state index contributed by atoms with van der Waals surface area (Å²) in [5, 5.41) is 19.8. The number of hydrogen-bond acceptors (Lipinski definition) is 6. The van der Waals surface area contributed by atoms with Crippen molar-refractivity contribution >= 4 is 0 Å². The third-order valence-corrected chi connectivity index (χ3v) is 6.71. The Hall–Kier alpha value is -0.760. The molecule has 0 spiro atoms. The Morgan fingerprint density at radius 2 is 1.53 bits per heavy atom. The summed E-state index contributed by atoms with van der Waals surface area (Å²) >= 11 is 0. The molecule has 6 heteroatoms. The first-order valence-electron chi connectivity index (χ1n) is 11.8. The number of hydrogen-bond donors (Lipinski definition) is 2. The van der Waals surface area contributed by atoms with Gasteiger partial charge in [-0.15, -0.1) is 0 Å². The van der Waals surface area contributed by atoms with Gasteiger partial charge in [-0.3, -0.25) is 0 Å². The molecular weight excluding hydrogens is 408 g/mol. The van der Waals surface area contributed by atoms with Gasteiger partial charge >= 0.3 is 0 Å². The Bertz CT molecular complexity index is 590. The van der Waals surface area contributed by atoms with E-state index in [0.29, 0.717) is 13.2 Å². The minimum absolute atomic E-state index is 0.0828. The van der Waals surface area contributed by atoms with Gasteiger partial charge in [-0.1, -0.05) is 57.9 Å². The number of ether oxygens (including phenoxy) is 4. The van der Waals surface area contributed by atoms with Gasteiger partial charge in [0.1, 0.15) is 0 Å². The lowest BCUT2D eigenvalue weighted by Gasteiger charge is -2.38. The van der Waals surface area contributed by atoms with Gasteiger partial charge in [0.2, 0.25) is 0 Å². The molecule has 0 fully saturated rings. The van der Waals surface area contributed by atoms with Crippen molar-refractivity contribution in [1.82, 2.24) is 0 Å². The number of aliphatic hydroxyl groups is 2. The minimum Gasteiger partial charge on any atom is -0.379 e. The normalized spacial score (nSPS) is 22.6. The molecule has 0 bridgehead atoms. The first-order chi connectivity index (χ1) is 14.9. The van der Waals surface area contributed by atoms with Crippen LogP contribution in [0.2, 0.25) is 0 Å². The fourth-order valence-electron chi connectivity index (χ4n) is 3.94. The molecule has 4 unspecified atom stereocenters. The van der Waals surface area contributed by atoms with Crippen LogP contribution in [0, 0.1) is 22.7 Å². The molecule has 1 rings (SSSR count). The lowest BCUT2D eigenvalue weighted by molar-refractivity contribution is -0.160. The van der Waals surface area contributed by atoms with Crippen molar-refractivity contribution in [2.24, 2.45) is 22.7 Å². The highest BCUT2D eigenvalue weighted by atomic mass is 16.6. The maximum atomic E-state index is 9.96. The average molecular weight is 457 g/mol. The Kier molecular flexibility index (Phi) is 12.6. The average Bonchev–Trinajstić information content (AvgIpc) is 2.70. The quantitative estimate of drug-likeness (QED) is 0.291. The van der Waals surface area contributed by atoms with Crippen LogP contribution in [0.15, 0.2) is 23.3 Å². The number of rotatable bonds is 14. The molecule has 1 aliphatic carbocycles. The van der Waals surface area contributed by atoms with Crippen LogP contribution in [0.5, 0.6) is 0 Å². The molecule has 0 aliphatic heterocycles. The van der Waals surface area contributed by atoms with Gasteiger partial charge in [-0.2, -0.15) is 0 Å². The molecule has 0 aromatic rings. The van der Waals surface area contributed by atoms with Crippen molar-refractivity contribution in [2.45, 2.75) is 79.8 Å². The largest absolute Gasteiger partial charge is 0.379 e. The second-order valence-corrected chi connectivity index (χ2v) is 10.7. The summed E-state index contributed by atoms with van der Waals surface area (Å²) in [7, 11) is 3.08. The predicted molar refractivity (Wildman–Crippen MR) is 128 cm³/mol. The summed E-state index contributed by atoms with van der Waals surface area (Å²) in [4.78, 5) is 0. The maximum Gasteiger partial charge on any atom is 0.178 e. The van der Waals surface area contributed by atoms with E-state index in [4.69, 9.17) is 18.9 Å². The smallest absolute Gasteiger partial charge is 0.178 e. The van der Waals surface area contributed by atoms with Gasteiger partial charge in [0.05, 0.1) is 26.4 Å². The van der Waals surface area contributed by atoms with Gasteiger partial charge in [0.25, 0.3) is 0 Å². The van der Waals surface area contributed by atoms with E-state index >= 15 is 0 Å². The molecule has 1 aliphatic rings. The molecular formula is C26H48O6. The molecule has 2 N–H and O–H groups in total. The third-order valence-electron chi connectivity index (χ3n) is 6.71. The fraction of sp³-hybridized carbons (Fsp3) is 0.846. The first-order valence-corrected chi connectivity index (χ1v) is 11.8. The summed E-state index contributed by atoms with van der Waals surface area (Å²) in [5.74, 6) is 0.404. The molecule has 0 saturated carbocycles. The number of methoxy groups -OCH3 is 2. The standard InChI is InChI=1S/C26H48O6/c1-19(25(2,3)4)10-9-13-26(5,6)22-12-11-20(15-31-23(27)17-29-7)21(14-22)16-32-24(28)18-30-8/h10,12,20-21,23-24,27-28H,9,11,13-18H2,1-8H3/b19-10+. The predicted octanol–water partition coefficient (Wildman–Crippen LogP) is 4.70. The second-order valence-electron chi connectivity index (χ2n) is 10.7. The van der Waals surface area contributed by atoms with Crippen LogP contribution in [0.1, 0.15) is 67.2 Å². The molecule has 188 valence electrons.